The van der Waals surface area contributed by atoms with Crippen LogP contribution in [0.3, 0.4) is 0 Å². The Balaban J connectivity index is 2.42. The van der Waals surface area contributed by atoms with Crippen molar-refractivity contribution in [2.75, 3.05) is 19.8 Å². The Kier molecular flexibility index (Phi) is 6.45. The molecule has 0 aliphatic heterocycles. The van der Waals surface area contributed by atoms with Gasteiger partial charge in [0.05, 0.1) is 6.61 Å². The summed E-state index contributed by atoms with van der Waals surface area (Å²) < 4.78 is 12.0. The number of hydrogen-bond donors (Lipinski definition) is 1. The summed E-state index contributed by atoms with van der Waals surface area (Å²) >= 11 is 3.41. The molecule has 2 N–H and O–H groups in total. The van der Waals surface area contributed by atoms with Gasteiger partial charge in [0.15, 0.2) is 0 Å². The van der Waals surface area contributed by atoms with Crippen molar-refractivity contribution < 1.29 is 9.47 Å². The third-order valence-electron chi connectivity index (χ3n) is 2.08. The van der Waals surface area contributed by atoms with Crippen LogP contribution in [0, 0.1) is 0 Å². The molecule has 1 aromatic rings. The fraction of sp³-hybridized carbons (Fsp3) is 0.500. The van der Waals surface area contributed by atoms with Crippen molar-refractivity contribution in [3.63, 3.8) is 0 Å². The maximum absolute atomic E-state index is 5.63. The van der Waals surface area contributed by atoms with Crippen molar-refractivity contribution in [3.05, 3.63) is 28.2 Å². The molecule has 1 aromatic carbocycles. The molecule has 3 nitrogen and oxygen atoms in total. The second-order valence-electron chi connectivity index (χ2n) is 3.42. The van der Waals surface area contributed by atoms with Crippen LogP contribution in [0.2, 0.25) is 0 Å². The van der Waals surface area contributed by atoms with E-state index in [2.05, 4.69) is 22.9 Å². The van der Waals surface area contributed by atoms with Crippen LogP contribution in [-0.4, -0.2) is 19.8 Å². The molecule has 4 heteroatoms. The molecule has 0 fully saturated rings. The van der Waals surface area contributed by atoms with E-state index >= 15 is 0 Å². The average Bonchev–Trinajstić information content (AvgIpc) is 2.29. The smallest absolute Gasteiger partial charge is 0.125 e. The Bertz CT molecular complexity index is 318. The van der Waals surface area contributed by atoms with Crippen molar-refractivity contribution in [2.24, 2.45) is 5.73 Å². The molecule has 0 aliphatic rings. The lowest BCUT2D eigenvalue weighted by molar-refractivity contribution is 0.100. The highest BCUT2D eigenvalue weighted by molar-refractivity contribution is 9.10. The monoisotopic (exact) mass is 287 g/mol. The van der Waals surface area contributed by atoms with Crippen LogP contribution < -0.4 is 10.5 Å². The van der Waals surface area contributed by atoms with Crippen LogP contribution in [0.25, 0.3) is 0 Å². The van der Waals surface area contributed by atoms with Gasteiger partial charge in [-0.2, -0.15) is 0 Å². The number of halogens is 1. The van der Waals surface area contributed by atoms with Crippen molar-refractivity contribution in [2.45, 2.75) is 19.9 Å². The summed E-state index contributed by atoms with van der Waals surface area (Å²) in [5, 5.41) is 0. The van der Waals surface area contributed by atoms with Gasteiger partial charge in [0.2, 0.25) is 0 Å². The largest absolute Gasteiger partial charge is 0.491 e. The van der Waals surface area contributed by atoms with Gasteiger partial charge < -0.3 is 15.2 Å². The fourth-order valence-corrected chi connectivity index (χ4v) is 1.63. The van der Waals surface area contributed by atoms with Crippen molar-refractivity contribution in [3.8, 4) is 5.75 Å². The van der Waals surface area contributed by atoms with E-state index < -0.39 is 0 Å². The summed E-state index contributed by atoms with van der Waals surface area (Å²) in [4.78, 5) is 0. The zero-order valence-electron chi connectivity index (χ0n) is 9.54. The van der Waals surface area contributed by atoms with Crippen LogP contribution in [0.5, 0.6) is 5.75 Å². The second-order valence-corrected chi connectivity index (χ2v) is 4.33. The molecule has 16 heavy (non-hydrogen) atoms. The Morgan fingerprint density at radius 2 is 2.06 bits per heavy atom. The SMILES string of the molecule is CCCOCCOc1cc(Br)ccc1CN. The molecule has 0 bridgehead atoms. The van der Waals surface area contributed by atoms with Gasteiger partial charge in [0.25, 0.3) is 0 Å². The van der Waals surface area contributed by atoms with Gasteiger partial charge in [0.1, 0.15) is 12.4 Å². The lowest BCUT2D eigenvalue weighted by Gasteiger charge is -2.10. The van der Waals surface area contributed by atoms with E-state index in [1.807, 2.05) is 18.2 Å². The van der Waals surface area contributed by atoms with Crippen molar-refractivity contribution in [1.29, 1.82) is 0 Å². The maximum Gasteiger partial charge on any atom is 0.125 e. The fourth-order valence-electron chi connectivity index (χ4n) is 1.29. The van der Waals surface area contributed by atoms with E-state index in [4.69, 9.17) is 15.2 Å². The Morgan fingerprint density at radius 3 is 2.75 bits per heavy atom. The molecule has 0 aliphatic carbocycles. The van der Waals surface area contributed by atoms with Gasteiger partial charge in [-0.3, -0.25) is 0 Å². The van der Waals surface area contributed by atoms with E-state index in [1.54, 1.807) is 0 Å². The third-order valence-corrected chi connectivity index (χ3v) is 2.58. The number of hydrogen-bond acceptors (Lipinski definition) is 3. The summed E-state index contributed by atoms with van der Waals surface area (Å²) in [7, 11) is 0. The molecule has 0 amide bonds. The van der Waals surface area contributed by atoms with Gasteiger partial charge in [-0.25, -0.2) is 0 Å². The molecule has 90 valence electrons. The summed E-state index contributed by atoms with van der Waals surface area (Å²) in [5.74, 6) is 0.831. The number of benzene rings is 1. The maximum atomic E-state index is 5.63. The van der Waals surface area contributed by atoms with Crippen LogP contribution in [0.4, 0.5) is 0 Å². The summed E-state index contributed by atoms with van der Waals surface area (Å²) in [6.07, 6.45) is 1.03. The van der Waals surface area contributed by atoms with Crippen molar-refractivity contribution in [1.82, 2.24) is 0 Å². The zero-order valence-corrected chi connectivity index (χ0v) is 11.1. The normalized spacial score (nSPS) is 10.4. The van der Waals surface area contributed by atoms with Crippen LogP contribution in [0.1, 0.15) is 18.9 Å². The molecule has 1 rings (SSSR count). The summed E-state index contributed by atoms with van der Waals surface area (Å²) in [6.45, 7) is 4.53. The van der Waals surface area contributed by atoms with Gasteiger partial charge in [-0.15, -0.1) is 0 Å². The van der Waals surface area contributed by atoms with Crippen molar-refractivity contribution >= 4 is 15.9 Å². The summed E-state index contributed by atoms with van der Waals surface area (Å²) in [5.41, 5.74) is 6.64. The predicted molar refractivity (Wildman–Crippen MR) is 68.6 cm³/mol. The van der Waals surface area contributed by atoms with E-state index in [-0.39, 0.29) is 0 Å². The predicted octanol–water partition coefficient (Wildman–Crippen LogP) is 2.71. The molecule has 0 heterocycles. The topological polar surface area (TPSA) is 44.5 Å². The molecule has 0 unspecified atom stereocenters. The first-order chi connectivity index (χ1) is 7.77. The van der Waals surface area contributed by atoms with Crippen LogP contribution in [0.15, 0.2) is 22.7 Å². The summed E-state index contributed by atoms with van der Waals surface area (Å²) in [6, 6.07) is 5.86. The molecule has 0 saturated carbocycles. The first-order valence-electron chi connectivity index (χ1n) is 5.47. The molecular formula is C12H18BrNO2. The molecule has 0 radical (unpaired) electrons. The van der Waals surface area contributed by atoms with E-state index in [0.717, 1.165) is 28.8 Å². The lowest BCUT2D eigenvalue weighted by Crippen LogP contribution is -2.09. The van der Waals surface area contributed by atoms with Crippen LogP contribution >= 0.6 is 15.9 Å². The van der Waals surface area contributed by atoms with E-state index in [1.165, 1.54) is 0 Å². The minimum absolute atomic E-state index is 0.485. The standard InChI is InChI=1S/C12H18BrNO2/c1-2-5-15-6-7-16-12-8-11(13)4-3-10(12)9-14/h3-4,8H,2,5-7,9,14H2,1H3. The van der Waals surface area contributed by atoms with Gasteiger partial charge >= 0.3 is 0 Å². The number of rotatable bonds is 7. The van der Waals surface area contributed by atoms with Crippen LogP contribution in [-0.2, 0) is 11.3 Å². The van der Waals surface area contributed by atoms with E-state index in [9.17, 15) is 0 Å². The van der Waals surface area contributed by atoms with E-state index in [0.29, 0.717) is 19.8 Å². The molecule has 0 saturated heterocycles. The Morgan fingerprint density at radius 1 is 1.25 bits per heavy atom. The second kappa shape index (κ2) is 7.65. The third kappa shape index (κ3) is 4.51. The molecule has 0 spiro atoms. The van der Waals surface area contributed by atoms with Gasteiger partial charge in [-0.1, -0.05) is 28.9 Å². The quantitative estimate of drug-likeness (QED) is 0.785. The molecule has 0 aromatic heterocycles. The minimum Gasteiger partial charge on any atom is -0.491 e. The highest BCUT2D eigenvalue weighted by Crippen LogP contribution is 2.23. The molecule has 0 atom stereocenters. The number of nitrogens with two attached hydrogens (primary N) is 1. The highest BCUT2D eigenvalue weighted by Gasteiger charge is 2.02. The lowest BCUT2D eigenvalue weighted by atomic mass is 10.2. The highest BCUT2D eigenvalue weighted by atomic mass is 79.9. The average molecular weight is 288 g/mol. The Hall–Kier alpha value is -0.580. The first kappa shape index (κ1) is 13.5. The molecular weight excluding hydrogens is 270 g/mol. The van der Waals surface area contributed by atoms with Gasteiger partial charge in [0, 0.05) is 23.2 Å². The minimum atomic E-state index is 0.485. The van der Waals surface area contributed by atoms with Gasteiger partial charge in [-0.05, 0) is 18.6 Å². The number of ether oxygens (including phenoxy) is 2. The first-order valence-corrected chi connectivity index (χ1v) is 6.26. The Labute approximate surface area is 105 Å². The zero-order chi connectivity index (χ0) is 11.8.